The summed E-state index contributed by atoms with van der Waals surface area (Å²) < 4.78 is 0. The van der Waals surface area contributed by atoms with Crippen molar-refractivity contribution in [1.29, 1.82) is 0 Å². The van der Waals surface area contributed by atoms with Gasteiger partial charge in [-0.2, -0.15) is 0 Å². The van der Waals surface area contributed by atoms with Gasteiger partial charge in [-0.05, 0) is 75.2 Å². The minimum atomic E-state index is 0.181. The van der Waals surface area contributed by atoms with Crippen LogP contribution in [-0.2, 0) is 24.2 Å². The van der Waals surface area contributed by atoms with E-state index < -0.39 is 0 Å². The van der Waals surface area contributed by atoms with E-state index in [9.17, 15) is 9.90 Å². The molecule has 1 aromatic rings. The summed E-state index contributed by atoms with van der Waals surface area (Å²) in [5.74, 6) is 0.882. The molecule has 1 saturated heterocycles. The number of phenolic OH excluding ortho intramolecular Hbond substituents is 1. The van der Waals surface area contributed by atoms with Crippen LogP contribution >= 0.6 is 0 Å². The minimum Gasteiger partial charge on any atom is -0.508 e. The van der Waals surface area contributed by atoms with E-state index in [1.807, 2.05) is 6.07 Å². The lowest BCUT2D eigenvalue weighted by Gasteiger charge is -2.31. The third-order valence-corrected chi connectivity index (χ3v) is 5.57. The smallest absolute Gasteiger partial charge is 0.223 e. The van der Waals surface area contributed by atoms with Crippen molar-refractivity contribution in [3.63, 3.8) is 0 Å². The molecule has 3 aliphatic rings. The fourth-order valence-corrected chi connectivity index (χ4v) is 3.93. The summed E-state index contributed by atoms with van der Waals surface area (Å²) in [6.45, 7) is 2.69. The molecule has 0 spiro atoms. The Bertz CT molecular complexity index is 602. The summed E-state index contributed by atoms with van der Waals surface area (Å²) in [4.78, 5) is 14.5. The van der Waals surface area contributed by atoms with Gasteiger partial charge in [0, 0.05) is 24.1 Å². The van der Waals surface area contributed by atoms with E-state index in [4.69, 9.17) is 0 Å². The number of nitrogens with zero attached hydrogens (tertiary/aromatic N) is 1. The average molecular weight is 314 g/mol. The number of fused-ring (bicyclic) bond motifs is 1. The first-order valence-corrected chi connectivity index (χ1v) is 9.05. The van der Waals surface area contributed by atoms with Crippen molar-refractivity contribution in [3.8, 4) is 5.75 Å². The second kappa shape index (κ2) is 6.16. The van der Waals surface area contributed by atoms with Crippen LogP contribution in [0.3, 0.4) is 0 Å². The molecule has 1 amide bonds. The molecule has 0 radical (unpaired) electrons. The molecule has 0 bridgehead atoms. The van der Waals surface area contributed by atoms with Gasteiger partial charge in [0.2, 0.25) is 5.91 Å². The van der Waals surface area contributed by atoms with Gasteiger partial charge in [0.05, 0.1) is 0 Å². The summed E-state index contributed by atoms with van der Waals surface area (Å²) >= 11 is 0. The number of hydrogen-bond donors (Lipinski definition) is 2. The van der Waals surface area contributed by atoms with Gasteiger partial charge in [0.1, 0.15) is 5.75 Å². The van der Waals surface area contributed by atoms with Gasteiger partial charge in [-0.3, -0.25) is 9.69 Å². The number of benzene rings is 1. The molecule has 2 aliphatic carbocycles. The minimum absolute atomic E-state index is 0.181. The number of likely N-dealkylation sites (tertiary alicyclic amines) is 1. The van der Waals surface area contributed by atoms with Gasteiger partial charge in [-0.15, -0.1) is 0 Å². The molecule has 0 atom stereocenters. The lowest BCUT2D eigenvalue weighted by molar-refractivity contribution is -0.126. The van der Waals surface area contributed by atoms with Gasteiger partial charge in [-0.25, -0.2) is 0 Å². The van der Waals surface area contributed by atoms with Crippen LogP contribution in [0.1, 0.15) is 48.8 Å². The van der Waals surface area contributed by atoms with Crippen LogP contribution in [0, 0.1) is 5.92 Å². The number of nitrogens with one attached hydrogen (secondary N) is 1. The fourth-order valence-electron chi connectivity index (χ4n) is 3.93. The van der Waals surface area contributed by atoms with Crippen LogP contribution in [0.4, 0.5) is 0 Å². The molecule has 124 valence electrons. The van der Waals surface area contributed by atoms with Crippen LogP contribution in [0.5, 0.6) is 5.75 Å². The van der Waals surface area contributed by atoms with E-state index in [0.717, 1.165) is 63.7 Å². The highest BCUT2D eigenvalue weighted by Crippen LogP contribution is 2.31. The lowest BCUT2D eigenvalue weighted by Crippen LogP contribution is -2.40. The molecule has 2 N–H and O–H groups in total. The number of carbonyl (C=O) groups excluding carboxylic acids is 1. The van der Waals surface area contributed by atoms with Gasteiger partial charge in [-0.1, -0.05) is 6.07 Å². The van der Waals surface area contributed by atoms with E-state index in [1.54, 1.807) is 0 Å². The number of piperidine rings is 1. The first-order chi connectivity index (χ1) is 11.2. The molecule has 4 heteroatoms. The van der Waals surface area contributed by atoms with Gasteiger partial charge >= 0.3 is 0 Å². The van der Waals surface area contributed by atoms with E-state index >= 15 is 0 Å². The van der Waals surface area contributed by atoms with Crippen LogP contribution in [0.25, 0.3) is 0 Å². The molecule has 23 heavy (non-hydrogen) atoms. The maximum Gasteiger partial charge on any atom is 0.223 e. The first kappa shape index (κ1) is 15.0. The molecule has 1 heterocycles. The van der Waals surface area contributed by atoms with Gasteiger partial charge < -0.3 is 10.4 Å². The second-order valence-electron chi connectivity index (χ2n) is 7.44. The maximum absolute atomic E-state index is 12.1. The Morgan fingerprint density at radius 1 is 1.13 bits per heavy atom. The molecular formula is C19H26N2O2. The van der Waals surface area contributed by atoms with Crippen molar-refractivity contribution >= 4 is 5.91 Å². The Labute approximate surface area is 137 Å². The second-order valence-corrected chi connectivity index (χ2v) is 7.44. The monoisotopic (exact) mass is 314 g/mol. The predicted octanol–water partition coefficient (Wildman–Crippen LogP) is 2.37. The molecular weight excluding hydrogens is 288 g/mol. The van der Waals surface area contributed by atoms with Crippen LogP contribution in [0.2, 0.25) is 0 Å². The SMILES string of the molecule is O=C(NC1CC1)C1CCN(Cc2cc3c(cc2O)CCC3)CC1. The Hall–Kier alpha value is -1.55. The van der Waals surface area contributed by atoms with Crippen molar-refractivity contribution in [2.45, 2.75) is 57.5 Å². The Morgan fingerprint density at radius 3 is 2.52 bits per heavy atom. The van der Waals surface area contributed by atoms with E-state index in [-0.39, 0.29) is 11.8 Å². The van der Waals surface area contributed by atoms with Crippen molar-refractivity contribution in [2.75, 3.05) is 13.1 Å². The van der Waals surface area contributed by atoms with Crippen LogP contribution in [0.15, 0.2) is 12.1 Å². The summed E-state index contributed by atoms with van der Waals surface area (Å²) in [6.07, 6.45) is 7.63. The van der Waals surface area contributed by atoms with Crippen LogP contribution in [-0.4, -0.2) is 35.0 Å². The number of phenols is 1. The highest BCUT2D eigenvalue weighted by atomic mass is 16.3. The average Bonchev–Trinajstić information content (AvgIpc) is 3.25. The molecule has 4 rings (SSSR count). The third kappa shape index (κ3) is 3.37. The largest absolute Gasteiger partial charge is 0.508 e. The number of aromatic hydroxyl groups is 1. The molecule has 1 saturated carbocycles. The van der Waals surface area contributed by atoms with Crippen molar-refractivity contribution in [1.82, 2.24) is 10.2 Å². The predicted molar refractivity (Wildman–Crippen MR) is 89.3 cm³/mol. The van der Waals surface area contributed by atoms with Crippen molar-refractivity contribution in [2.24, 2.45) is 5.92 Å². The van der Waals surface area contributed by atoms with E-state index in [0.29, 0.717) is 11.8 Å². The van der Waals surface area contributed by atoms with Gasteiger partial charge in [0.15, 0.2) is 0 Å². The number of hydrogen-bond acceptors (Lipinski definition) is 3. The Balaban J connectivity index is 1.33. The number of rotatable bonds is 4. The Morgan fingerprint density at radius 2 is 1.83 bits per heavy atom. The standard InChI is InChI=1S/C19H26N2O2/c22-18-11-15-3-1-2-14(15)10-16(18)12-21-8-6-13(7-9-21)19(23)20-17-4-5-17/h10-11,13,17,22H,1-9,12H2,(H,20,23). The molecule has 0 aromatic heterocycles. The summed E-state index contributed by atoms with van der Waals surface area (Å²) in [6, 6.07) is 4.63. The number of carbonyl (C=O) groups is 1. The maximum atomic E-state index is 12.1. The molecule has 1 aliphatic heterocycles. The molecule has 1 aromatic carbocycles. The molecule has 2 fully saturated rings. The highest BCUT2D eigenvalue weighted by molar-refractivity contribution is 5.79. The zero-order valence-electron chi connectivity index (χ0n) is 13.7. The van der Waals surface area contributed by atoms with E-state index in [2.05, 4.69) is 16.3 Å². The Kier molecular flexibility index (Phi) is 4.02. The van der Waals surface area contributed by atoms with E-state index in [1.165, 1.54) is 17.5 Å². The summed E-state index contributed by atoms with van der Waals surface area (Å²) in [5.41, 5.74) is 3.78. The lowest BCUT2D eigenvalue weighted by atomic mass is 9.95. The first-order valence-electron chi connectivity index (χ1n) is 9.05. The van der Waals surface area contributed by atoms with Crippen molar-refractivity contribution in [3.05, 3.63) is 28.8 Å². The molecule has 4 nitrogen and oxygen atoms in total. The third-order valence-electron chi connectivity index (χ3n) is 5.57. The number of amides is 1. The quantitative estimate of drug-likeness (QED) is 0.897. The zero-order chi connectivity index (χ0) is 15.8. The highest BCUT2D eigenvalue weighted by Gasteiger charge is 2.30. The molecule has 0 unspecified atom stereocenters. The summed E-state index contributed by atoms with van der Waals surface area (Å²) in [5, 5.41) is 13.4. The fraction of sp³-hybridized carbons (Fsp3) is 0.632. The van der Waals surface area contributed by atoms with Crippen molar-refractivity contribution < 1.29 is 9.90 Å². The van der Waals surface area contributed by atoms with Gasteiger partial charge in [0.25, 0.3) is 0 Å². The zero-order valence-corrected chi connectivity index (χ0v) is 13.7. The summed E-state index contributed by atoms with van der Waals surface area (Å²) in [7, 11) is 0. The topological polar surface area (TPSA) is 52.6 Å². The number of aryl methyl sites for hydroxylation is 2. The van der Waals surface area contributed by atoms with Crippen LogP contribution < -0.4 is 5.32 Å². The normalized spacial score (nSPS) is 22.1.